The van der Waals surface area contributed by atoms with E-state index in [9.17, 15) is 35.9 Å². The van der Waals surface area contributed by atoms with E-state index in [1.54, 1.807) is 0 Å². The second-order valence-corrected chi connectivity index (χ2v) is 7.30. The highest BCUT2D eigenvalue weighted by molar-refractivity contribution is 6.04. The number of nitrogens with one attached hydrogen (secondary N) is 3. The lowest BCUT2D eigenvalue weighted by Gasteiger charge is -2.14. The summed E-state index contributed by atoms with van der Waals surface area (Å²) in [5.41, 5.74) is -3.51. The molecule has 0 saturated carbocycles. The molecular formula is C21H19F6N3O3. The van der Waals surface area contributed by atoms with Crippen molar-refractivity contribution < 1.29 is 40.7 Å². The minimum absolute atomic E-state index is 0.0398. The number of hydrogen-bond donors (Lipinski definition) is 3. The topological polar surface area (TPSA) is 79.5 Å². The van der Waals surface area contributed by atoms with Gasteiger partial charge in [-0.15, -0.1) is 0 Å². The molecule has 3 rings (SSSR count). The Balaban J connectivity index is 1.64. The second-order valence-electron chi connectivity index (χ2n) is 7.30. The van der Waals surface area contributed by atoms with Gasteiger partial charge < -0.3 is 20.7 Å². The van der Waals surface area contributed by atoms with Crippen molar-refractivity contribution in [1.29, 1.82) is 0 Å². The Morgan fingerprint density at radius 2 is 1.42 bits per heavy atom. The quantitative estimate of drug-likeness (QED) is 0.515. The van der Waals surface area contributed by atoms with E-state index in [1.807, 2.05) is 0 Å². The van der Waals surface area contributed by atoms with Crippen LogP contribution in [0.3, 0.4) is 0 Å². The number of anilines is 2. The number of benzene rings is 2. The number of carbonyl (C=O) groups excluding carboxylic acids is 2. The van der Waals surface area contributed by atoms with E-state index in [2.05, 4.69) is 16.0 Å². The van der Waals surface area contributed by atoms with Crippen molar-refractivity contribution in [3.8, 4) is 0 Å². The van der Waals surface area contributed by atoms with Crippen molar-refractivity contribution in [1.82, 2.24) is 5.32 Å². The van der Waals surface area contributed by atoms with E-state index >= 15 is 0 Å². The number of alkyl halides is 6. The molecule has 12 heteroatoms. The molecule has 178 valence electrons. The molecule has 0 radical (unpaired) electrons. The molecule has 0 aromatic heterocycles. The molecule has 1 unspecified atom stereocenters. The first-order valence-corrected chi connectivity index (χ1v) is 9.79. The smallest absolute Gasteiger partial charge is 0.376 e. The first-order chi connectivity index (χ1) is 15.4. The van der Waals surface area contributed by atoms with Crippen molar-refractivity contribution in [3.63, 3.8) is 0 Å². The first kappa shape index (κ1) is 24.4. The number of ether oxygens (including phenoxy) is 1. The number of carbonyl (C=O) groups is 2. The fraction of sp³-hybridized carbons (Fsp3) is 0.333. The predicted octanol–water partition coefficient (Wildman–Crippen LogP) is 5.28. The molecular weight excluding hydrogens is 456 g/mol. The zero-order valence-corrected chi connectivity index (χ0v) is 16.9. The number of rotatable bonds is 5. The van der Waals surface area contributed by atoms with E-state index in [0.717, 1.165) is 12.8 Å². The molecule has 3 N–H and O–H groups in total. The lowest BCUT2D eigenvalue weighted by molar-refractivity contribution is -0.143. The van der Waals surface area contributed by atoms with Crippen LogP contribution in [0.5, 0.6) is 0 Å². The van der Waals surface area contributed by atoms with Gasteiger partial charge in [-0.25, -0.2) is 4.79 Å². The molecule has 1 atom stereocenters. The van der Waals surface area contributed by atoms with Gasteiger partial charge in [-0.05, 0) is 55.3 Å². The molecule has 0 aliphatic carbocycles. The van der Waals surface area contributed by atoms with Crippen molar-refractivity contribution in [3.05, 3.63) is 59.2 Å². The molecule has 0 spiro atoms. The van der Waals surface area contributed by atoms with Crippen LogP contribution in [0.1, 0.15) is 34.3 Å². The minimum atomic E-state index is -5.06. The van der Waals surface area contributed by atoms with E-state index in [-0.39, 0.29) is 17.9 Å². The molecule has 2 aromatic carbocycles. The van der Waals surface area contributed by atoms with Crippen LogP contribution in [-0.2, 0) is 17.1 Å². The summed E-state index contributed by atoms with van der Waals surface area (Å²) in [6.07, 6.45) is -8.38. The lowest BCUT2D eigenvalue weighted by atomic mass is 10.0. The van der Waals surface area contributed by atoms with Gasteiger partial charge in [-0.2, -0.15) is 26.3 Å². The monoisotopic (exact) mass is 475 g/mol. The van der Waals surface area contributed by atoms with E-state index in [1.165, 1.54) is 24.3 Å². The second kappa shape index (κ2) is 9.69. The Bertz CT molecular complexity index is 968. The lowest BCUT2D eigenvalue weighted by Crippen LogP contribution is -2.35. The zero-order chi connectivity index (χ0) is 24.2. The van der Waals surface area contributed by atoms with Crippen LogP contribution in [0.2, 0.25) is 0 Å². The average Bonchev–Trinajstić information content (AvgIpc) is 3.26. The Kier molecular flexibility index (Phi) is 7.15. The van der Waals surface area contributed by atoms with Gasteiger partial charge in [0.1, 0.15) is 0 Å². The van der Waals surface area contributed by atoms with Crippen LogP contribution in [0.15, 0.2) is 42.5 Å². The highest BCUT2D eigenvalue weighted by Gasteiger charge is 2.37. The SMILES string of the molecule is O=C(NCC1CCCO1)Nc1ccc(NC(=O)c2cc(C(F)(F)F)cc(C(F)(F)F)c2)cc1. The van der Waals surface area contributed by atoms with Gasteiger partial charge in [0.15, 0.2) is 0 Å². The maximum atomic E-state index is 13.0. The molecule has 33 heavy (non-hydrogen) atoms. The Hall–Kier alpha value is -3.28. The van der Waals surface area contributed by atoms with Gasteiger partial charge in [-0.3, -0.25) is 4.79 Å². The van der Waals surface area contributed by atoms with Crippen LogP contribution in [-0.4, -0.2) is 31.2 Å². The number of halogens is 6. The van der Waals surface area contributed by atoms with Gasteiger partial charge in [0, 0.05) is 30.1 Å². The summed E-state index contributed by atoms with van der Waals surface area (Å²) in [7, 11) is 0. The summed E-state index contributed by atoms with van der Waals surface area (Å²) in [5, 5.41) is 7.45. The van der Waals surface area contributed by atoms with Crippen molar-refractivity contribution in [2.24, 2.45) is 0 Å². The summed E-state index contributed by atoms with van der Waals surface area (Å²) in [6, 6.07) is 5.66. The highest BCUT2D eigenvalue weighted by Crippen LogP contribution is 2.36. The molecule has 6 nitrogen and oxygen atoms in total. The third-order valence-corrected chi connectivity index (χ3v) is 4.76. The Morgan fingerprint density at radius 1 is 0.879 bits per heavy atom. The molecule has 1 fully saturated rings. The van der Waals surface area contributed by atoms with E-state index < -0.39 is 41.0 Å². The number of amides is 3. The zero-order valence-electron chi connectivity index (χ0n) is 16.9. The minimum Gasteiger partial charge on any atom is -0.376 e. The van der Waals surface area contributed by atoms with Crippen molar-refractivity contribution in [2.75, 3.05) is 23.8 Å². The van der Waals surface area contributed by atoms with Crippen LogP contribution in [0.4, 0.5) is 42.5 Å². The van der Waals surface area contributed by atoms with Gasteiger partial charge >= 0.3 is 18.4 Å². The third kappa shape index (κ3) is 6.85. The maximum Gasteiger partial charge on any atom is 0.416 e. The normalized spacial score (nSPS) is 16.4. The van der Waals surface area contributed by atoms with E-state index in [4.69, 9.17) is 4.74 Å². The van der Waals surface area contributed by atoms with Crippen LogP contribution in [0.25, 0.3) is 0 Å². The summed E-state index contributed by atoms with van der Waals surface area (Å²) in [5.74, 6) is -1.15. The van der Waals surface area contributed by atoms with Gasteiger partial charge in [0.25, 0.3) is 5.91 Å². The van der Waals surface area contributed by atoms with E-state index in [0.29, 0.717) is 31.0 Å². The summed E-state index contributed by atoms with van der Waals surface area (Å²) in [6.45, 7) is 0.996. The van der Waals surface area contributed by atoms with Gasteiger partial charge in [0.2, 0.25) is 0 Å². The number of urea groups is 1. The Labute approximate surface area is 184 Å². The van der Waals surface area contributed by atoms with Gasteiger partial charge in [0.05, 0.1) is 17.2 Å². The third-order valence-electron chi connectivity index (χ3n) is 4.76. The molecule has 1 aliphatic rings. The highest BCUT2D eigenvalue weighted by atomic mass is 19.4. The predicted molar refractivity (Wildman–Crippen MR) is 107 cm³/mol. The number of hydrogen-bond acceptors (Lipinski definition) is 3. The average molecular weight is 475 g/mol. The molecule has 3 amide bonds. The molecule has 2 aromatic rings. The van der Waals surface area contributed by atoms with Crippen LogP contribution >= 0.6 is 0 Å². The molecule has 1 saturated heterocycles. The Morgan fingerprint density at radius 3 is 1.91 bits per heavy atom. The standard InChI is InChI=1S/C21H19F6N3O3/c22-20(23,24)13-8-12(9-14(10-13)21(25,26)27)18(31)29-15-3-5-16(6-4-15)30-19(32)28-11-17-2-1-7-33-17/h3-6,8-10,17H,1-2,7,11H2,(H,29,31)(H2,28,30,32). The van der Waals surface area contributed by atoms with Crippen LogP contribution in [0, 0.1) is 0 Å². The largest absolute Gasteiger partial charge is 0.416 e. The fourth-order valence-electron chi connectivity index (χ4n) is 3.11. The van der Waals surface area contributed by atoms with Crippen molar-refractivity contribution in [2.45, 2.75) is 31.3 Å². The first-order valence-electron chi connectivity index (χ1n) is 9.79. The van der Waals surface area contributed by atoms with Crippen LogP contribution < -0.4 is 16.0 Å². The fourth-order valence-corrected chi connectivity index (χ4v) is 3.11. The summed E-state index contributed by atoms with van der Waals surface area (Å²) in [4.78, 5) is 24.2. The van der Waals surface area contributed by atoms with Gasteiger partial charge in [-0.1, -0.05) is 0 Å². The summed E-state index contributed by atoms with van der Waals surface area (Å²) < 4.78 is 83.2. The molecule has 1 heterocycles. The summed E-state index contributed by atoms with van der Waals surface area (Å²) >= 11 is 0. The van der Waals surface area contributed by atoms with Crippen molar-refractivity contribution >= 4 is 23.3 Å². The molecule has 1 aliphatic heterocycles. The maximum absolute atomic E-state index is 13.0. The molecule has 0 bridgehead atoms.